The number of ketones is 1. The summed E-state index contributed by atoms with van der Waals surface area (Å²) in [5.74, 6) is -0.307. The molecule has 0 bridgehead atoms. The minimum atomic E-state index is -0.287. The van der Waals surface area contributed by atoms with Gasteiger partial charge in [-0.1, -0.05) is 49.7 Å². The van der Waals surface area contributed by atoms with Gasteiger partial charge >= 0.3 is 0 Å². The van der Waals surface area contributed by atoms with Gasteiger partial charge in [0, 0.05) is 35.1 Å². The summed E-state index contributed by atoms with van der Waals surface area (Å²) in [5.41, 5.74) is 2.49. The van der Waals surface area contributed by atoms with E-state index in [-0.39, 0.29) is 35.2 Å². The first-order valence-corrected chi connectivity index (χ1v) is 9.77. The third-order valence-corrected chi connectivity index (χ3v) is 5.79. The normalized spacial score (nSPS) is 21.7. The Bertz CT molecular complexity index is 991. The molecule has 4 nitrogen and oxygen atoms in total. The van der Waals surface area contributed by atoms with Crippen LogP contribution in [0, 0.1) is 5.41 Å². The van der Waals surface area contributed by atoms with E-state index < -0.39 is 0 Å². The van der Waals surface area contributed by atoms with Gasteiger partial charge in [0.15, 0.2) is 5.78 Å². The molecule has 1 unspecified atom stereocenters. The smallest absolute Gasteiger partial charge is 0.232 e. The summed E-state index contributed by atoms with van der Waals surface area (Å²) in [6, 6.07) is 14.1. The van der Waals surface area contributed by atoms with E-state index in [1.165, 1.54) is 0 Å². The number of aromatic hydroxyl groups is 1. The van der Waals surface area contributed by atoms with E-state index in [0.29, 0.717) is 34.8 Å². The van der Waals surface area contributed by atoms with E-state index in [1.54, 1.807) is 41.3 Å². The quantitative estimate of drug-likeness (QED) is 0.759. The van der Waals surface area contributed by atoms with E-state index in [4.69, 9.17) is 11.6 Å². The molecule has 144 valence electrons. The molecule has 2 aliphatic rings. The first kappa shape index (κ1) is 18.8. The Kier molecular flexibility index (Phi) is 4.54. The number of allylic oxidation sites excluding steroid dienone is 2. The molecule has 0 aromatic heterocycles. The van der Waals surface area contributed by atoms with Gasteiger partial charge in [0.2, 0.25) is 5.91 Å². The molecule has 1 N–H and O–H groups in total. The predicted molar refractivity (Wildman–Crippen MR) is 109 cm³/mol. The molecule has 0 saturated carbocycles. The maximum atomic E-state index is 13.2. The highest BCUT2D eigenvalue weighted by Crippen LogP contribution is 2.49. The van der Waals surface area contributed by atoms with Crippen molar-refractivity contribution in [2.24, 2.45) is 5.41 Å². The molecule has 0 radical (unpaired) electrons. The fourth-order valence-electron chi connectivity index (χ4n) is 4.33. The van der Waals surface area contributed by atoms with Crippen molar-refractivity contribution in [3.8, 4) is 5.75 Å². The highest BCUT2D eigenvalue weighted by molar-refractivity contribution is 6.30. The topological polar surface area (TPSA) is 57.6 Å². The monoisotopic (exact) mass is 395 g/mol. The molecule has 0 saturated heterocycles. The summed E-state index contributed by atoms with van der Waals surface area (Å²) >= 11 is 6.02. The third kappa shape index (κ3) is 3.22. The standard InChI is InChI=1S/C23H22ClNO3/c1-23(2)12-18-22(20(27)13-23)16(14-7-9-15(24)10-8-14)11-21(28)25(18)17-5-3-4-6-19(17)26/h3-10,16,26H,11-13H2,1-2H3. The zero-order valence-electron chi connectivity index (χ0n) is 15.9. The van der Waals surface area contributed by atoms with Crippen LogP contribution in [0.15, 0.2) is 59.8 Å². The average Bonchev–Trinajstić information content (AvgIpc) is 2.62. The number of hydrogen-bond donors (Lipinski definition) is 1. The van der Waals surface area contributed by atoms with Crippen LogP contribution in [0.1, 0.15) is 44.6 Å². The van der Waals surface area contributed by atoms with E-state index in [1.807, 2.05) is 26.0 Å². The maximum absolute atomic E-state index is 13.2. The van der Waals surface area contributed by atoms with Crippen LogP contribution in [0.5, 0.6) is 5.75 Å². The number of phenols is 1. The number of nitrogens with zero attached hydrogens (tertiary/aromatic N) is 1. The number of carbonyl (C=O) groups is 2. The van der Waals surface area contributed by atoms with Gasteiger partial charge in [0.25, 0.3) is 0 Å². The van der Waals surface area contributed by atoms with Crippen LogP contribution in [0.3, 0.4) is 0 Å². The molecular weight excluding hydrogens is 374 g/mol. The van der Waals surface area contributed by atoms with Crippen LogP contribution in [0.2, 0.25) is 5.02 Å². The molecule has 0 fully saturated rings. The Morgan fingerprint density at radius 1 is 1.04 bits per heavy atom. The number of carbonyl (C=O) groups excluding carboxylic acids is 2. The first-order chi connectivity index (χ1) is 13.3. The second kappa shape index (κ2) is 6.78. The highest BCUT2D eigenvalue weighted by atomic mass is 35.5. The summed E-state index contributed by atoms with van der Waals surface area (Å²) < 4.78 is 0. The fraction of sp³-hybridized carbons (Fsp3) is 0.304. The molecular formula is C23H22ClNO3. The lowest BCUT2D eigenvalue weighted by atomic mass is 9.69. The van der Waals surface area contributed by atoms with Gasteiger partial charge in [-0.25, -0.2) is 0 Å². The Morgan fingerprint density at radius 3 is 2.39 bits per heavy atom. The van der Waals surface area contributed by atoms with Crippen molar-refractivity contribution in [3.05, 3.63) is 70.4 Å². The number of para-hydroxylation sites is 2. The van der Waals surface area contributed by atoms with E-state index in [0.717, 1.165) is 5.56 Å². The van der Waals surface area contributed by atoms with Crippen molar-refractivity contribution in [3.63, 3.8) is 0 Å². The Hall–Kier alpha value is -2.59. The molecule has 1 aliphatic carbocycles. The van der Waals surface area contributed by atoms with Gasteiger partial charge in [-0.15, -0.1) is 0 Å². The van der Waals surface area contributed by atoms with Crippen molar-refractivity contribution < 1.29 is 14.7 Å². The van der Waals surface area contributed by atoms with Crippen molar-refractivity contribution in [2.75, 3.05) is 4.90 Å². The minimum absolute atomic E-state index is 0.0310. The summed E-state index contributed by atoms with van der Waals surface area (Å²) in [7, 11) is 0. The SMILES string of the molecule is CC1(C)CC(=O)C2=C(C1)N(c1ccccc1O)C(=O)CC2c1ccc(Cl)cc1. The lowest BCUT2D eigenvalue weighted by Crippen LogP contribution is -2.43. The van der Waals surface area contributed by atoms with Crippen LogP contribution in [-0.2, 0) is 9.59 Å². The lowest BCUT2D eigenvalue weighted by Gasteiger charge is -2.43. The summed E-state index contributed by atoms with van der Waals surface area (Å²) in [4.78, 5) is 27.9. The average molecular weight is 396 g/mol. The zero-order chi connectivity index (χ0) is 20.1. The Morgan fingerprint density at radius 2 is 1.71 bits per heavy atom. The van der Waals surface area contributed by atoms with E-state index >= 15 is 0 Å². The number of hydrogen-bond acceptors (Lipinski definition) is 3. The van der Waals surface area contributed by atoms with Crippen LogP contribution >= 0.6 is 11.6 Å². The molecule has 1 heterocycles. The van der Waals surface area contributed by atoms with Crippen molar-refractivity contribution in [2.45, 2.75) is 39.0 Å². The van der Waals surface area contributed by atoms with Crippen LogP contribution in [0.25, 0.3) is 0 Å². The van der Waals surface area contributed by atoms with Crippen LogP contribution < -0.4 is 4.90 Å². The van der Waals surface area contributed by atoms with Crippen molar-refractivity contribution >= 4 is 29.0 Å². The summed E-state index contributed by atoms with van der Waals surface area (Å²) in [5, 5.41) is 11.0. The van der Waals surface area contributed by atoms with Crippen molar-refractivity contribution in [1.82, 2.24) is 0 Å². The lowest BCUT2D eigenvalue weighted by molar-refractivity contribution is -0.121. The van der Waals surface area contributed by atoms with Gasteiger partial charge in [-0.2, -0.15) is 0 Å². The molecule has 5 heteroatoms. The third-order valence-electron chi connectivity index (χ3n) is 5.54. The van der Waals surface area contributed by atoms with Crippen LogP contribution in [0.4, 0.5) is 5.69 Å². The molecule has 1 atom stereocenters. The fourth-order valence-corrected chi connectivity index (χ4v) is 4.45. The summed E-state index contributed by atoms with van der Waals surface area (Å²) in [6.45, 7) is 4.07. The van der Waals surface area contributed by atoms with Gasteiger partial charge in [0.1, 0.15) is 5.75 Å². The second-order valence-electron chi connectivity index (χ2n) is 8.33. The highest BCUT2D eigenvalue weighted by Gasteiger charge is 2.44. The van der Waals surface area contributed by atoms with Gasteiger partial charge < -0.3 is 5.11 Å². The number of phenolic OH excluding ortho intramolecular Hbond substituents is 1. The summed E-state index contributed by atoms with van der Waals surface area (Å²) in [6.07, 6.45) is 1.22. The molecule has 0 spiro atoms. The largest absolute Gasteiger partial charge is 0.506 e. The van der Waals surface area contributed by atoms with Crippen LogP contribution in [-0.4, -0.2) is 16.8 Å². The molecule has 4 rings (SSSR count). The molecule has 1 aliphatic heterocycles. The number of rotatable bonds is 2. The number of amides is 1. The maximum Gasteiger partial charge on any atom is 0.232 e. The van der Waals surface area contributed by atoms with Gasteiger partial charge in [-0.05, 0) is 41.7 Å². The van der Waals surface area contributed by atoms with E-state index in [2.05, 4.69) is 0 Å². The second-order valence-corrected chi connectivity index (χ2v) is 8.76. The number of anilines is 1. The molecule has 2 aromatic carbocycles. The van der Waals surface area contributed by atoms with Gasteiger partial charge in [0.05, 0.1) is 5.69 Å². The van der Waals surface area contributed by atoms with Gasteiger partial charge in [-0.3, -0.25) is 14.5 Å². The Labute approximate surface area is 169 Å². The Balaban J connectivity index is 1.91. The molecule has 1 amide bonds. The number of benzene rings is 2. The first-order valence-electron chi connectivity index (χ1n) is 9.39. The van der Waals surface area contributed by atoms with Crippen molar-refractivity contribution in [1.29, 1.82) is 0 Å². The predicted octanol–water partition coefficient (Wildman–Crippen LogP) is 5.21. The number of halogens is 1. The zero-order valence-corrected chi connectivity index (χ0v) is 16.7. The minimum Gasteiger partial charge on any atom is -0.506 e. The van der Waals surface area contributed by atoms with E-state index in [9.17, 15) is 14.7 Å². The number of Topliss-reactive ketones (excluding diaryl/α,β-unsaturated/α-hetero) is 1. The molecule has 2 aromatic rings. The molecule has 28 heavy (non-hydrogen) atoms.